The molecular formula is C24H19FN4O2. The summed E-state index contributed by atoms with van der Waals surface area (Å²) in [6.45, 7) is 2.01. The maximum Gasteiger partial charge on any atom is 0.266 e. The van der Waals surface area contributed by atoms with Crippen LogP contribution >= 0.6 is 0 Å². The van der Waals surface area contributed by atoms with E-state index in [2.05, 4.69) is 4.98 Å². The second-order valence-electron chi connectivity index (χ2n) is 7.16. The molecule has 5 aromatic rings. The zero-order valence-corrected chi connectivity index (χ0v) is 17.0. The average Bonchev–Trinajstić information content (AvgIpc) is 3.19. The summed E-state index contributed by atoms with van der Waals surface area (Å²) in [7, 11) is 1.60. The van der Waals surface area contributed by atoms with E-state index < -0.39 is 0 Å². The Morgan fingerprint density at radius 1 is 1.03 bits per heavy atom. The molecule has 0 saturated heterocycles. The highest BCUT2D eigenvalue weighted by Gasteiger charge is 2.18. The predicted molar refractivity (Wildman–Crippen MR) is 117 cm³/mol. The number of hydrogen-bond donors (Lipinski definition) is 0. The number of hydrogen-bond acceptors (Lipinski definition) is 4. The van der Waals surface area contributed by atoms with Gasteiger partial charge in [0.2, 0.25) is 0 Å². The molecular weight excluding hydrogens is 395 g/mol. The molecule has 2 aromatic carbocycles. The molecule has 3 aromatic heterocycles. The minimum absolute atomic E-state index is 0.186. The van der Waals surface area contributed by atoms with Gasteiger partial charge in [0.25, 0.3) is 5.56 Å². The SMILES string of the molecule is CCc1nn2c(ncc3c(=O)n(-c4ccc(OC)cc4)ccc32)c1-c1ccc(F)cc1. The van der Waals surface area contributed by atoms with Crippen molar-refractivity contribution < 1.29 is 9.13 Å². The Kier molecular flexibility index (Phi) is 4.51. The fourth-order valence-corrected chi connectivity index (χ4v) is 3.82. The van der Waals surface area contributed by atoms with Gasteiger partial charge in [-0.3, -0.25) is 9.36 Å². The first-order valence-electron chi connectivity index (χ1n) is 9.93. The lowest BCUT2D eigenvalue weighted by molar-refractivity contribution is 0.414. The van der Waals surface area contributed by atoms with Crippen LogP contribution in [0.2, 0.25) is 0 Å². The van der Waals surface area contributed by atoms with Gasteiger partial charge in [-0.1, -0.05) is 19.1 Å². The standard InChI is InChI=1S/C24H19FN4O2/c1-3-20-22(15-4-6-16(25)7-5-15)23-26-14-19-21(29(23)27-20)12-13-28(24(19)30)17-8-10-18(31-2)11-9-17/h4-14H,3H2,1-2H3. The highest BCUT2D eigenvalue weighted by molar-refractivity contribution is 5.86. The van der Waals surface area contributed by atoms with E-state index in [-0.39, 0.29) is 11.4 Å². The van der Waals surface area contributed by atoms with Crippen LogP contribution in [0.4, 0.5) is 4.39 Å². The Hall–Kier alpha value is -4.00. The van der Waals surface area contributed by atoms with Crippen molar-refractivity contribution in [1.29, 1.82) is 0 Å². The average molecular weight is 414 g/mol. The number of aryl methyl sites for hydroxylation is 1. The van der Waals surface area contributed by atoms with Gasteiger partial charge in [0.1, 0.15) is 11.6 Å². The van der Waals surface area contributed by atoms with Crippen LogP contribution in [0, 0.1) is 5.82 Å². The molecule has 0 aliphatic rings. The summed E-state index contributed by atoms with van der Waals surface area (Å²) in [5.74, 6) is 0.425. The molecule has 7 heteroatoms. The normalized spacial score (nSPS) is 11.3. The van der Waals surface area contributed by atoms with Crippen molar-refractivity contribution in [3.63, 3.8) is 0 Å². The second-order valence-corrected chi connectivity index (χ2v) is 7.16. The molecule has 0 aliphatic carbocycles. The second kappa shape index (κ2) is 7.36. The monoisotopic (exact) mass is 414 g/mol. The molecule has 0 bridgehead atoms. The van der Waals surface area contributed by atoms with Crippen LogP contribution in [0.1, 0.15) is 12.6 Å². The minimum atomic E-state index is -0.296. The zero-order chi connectivity index (χ0) is 21.5. The third-order valence-corrected chi connectivity index (χ3v) is 5.40. The van der Waals surface area contributed by atoms with E-state index >= 15 is 0 Å². The molecule has 31 heavy (non-hydrogen) atoms. The third kappa shape index (κ3) is 3.06. The fraction of sp³-hybridized carbons (Fsp3) is 0.125. The van der Waals surface area contributed by atoms with Crippen molar-refractivity contribution >= 4 is 16.6 Å². The summed E-state index contributed by atoms with van der Waals surface area (Å²) >= 11 is 0. The summed E-state index contributed by atoms with van der Waals surface area (Å²) < 4.78 is 21.9. The van der Waals surface area contributed by atoms with E-state index in [4.69, 9.17) is 9.84 Å². The van der Waals surface area contributed by atoms with E-state index in [1.165, 1.54) is 12.1 Å². The van der Waals surface area contributed by atoms with Crippen molar-refractivity contribution in [2.45, 2.75) is 13.3 Å². The Balaban J connectivity index is 1.73. The van der Waals surface area contributed by atoms with Crippen LogP contribution in [0.3, 0.4) is 0 Å². The number of rotatable bonds is 4. The first-order valence-corrected chi connectivity index (χ1v) is 9.93. The van der Waals surface area contributed by atoms with Gasteiger partial charge in [-0.15, -0.1) is 0 Å². The number of halogens is 1. The summed E-state index contributed by atoms with van der Waals surface area (Å²) in [4.78, 5) is 17.8. The molecule has 3 heterocycles. The van der Waals surface area contributed by atoms with Gasteiger partial charge >= 0.3 is 0 Å². The van der Waals surface area contributed by atoms with E-state index in [1.54, 1.807) is 40.7 Å². The topological polar surface area (TPSA) is 61.4 Å². The largest absolute Gasteiger partial charge is 0.497 e. The Morgan fingerprint density at radius 3 is 2.45 bits per heavy atom. The van der Waals surface area contributed by atoms with Gasteiger partial charge in [0.15, 0.2) is 5.65 Å². The molecule has 0 fully saturated rings. The van der Waals surface area contributed by atoms with Crippen LogP contribution < -0.4 is 10.3 Å². The van der Waals surface area contributed by atoms with Crippen molar-refractivity contribution in [3.05, 3.63) is 88.9 Å². The lowest BCUT2D eigenvalue weighted by Gasteiger charge is -2.09. The van der Waals surface area contributed by atoms with Crippen LogP contribution in [0.15, 0.2) is 71.8 Å². The van der Waals surface area contributed by atoms with Crippen molar-refractivity contribution in [2.24, 2.45) is 0 Å². The van der Waals surface area contributed by atoms with Crippen LogP contribution in [0.5, 0.6) is 5.75 Å². The van der Waals surface area contributed by atoms with Crippen LogP contribution in [-0.4, -0.2) is 26.3 Å². The molecule has 154 valence electrons. The van der Waals surface area contributed by atoms with Gasteiger partial charge in [0.05, 0.1) is 23.7 Å². The van der Waals surface area contributed by atoms with Gasteiger partial charge < -0.3 is 4.74 Å². The summed E-state index contributed by atoms with van der Waals surface area (Å²) in [5.41, 5.74) is 4.38. The van der Waals surface area contributed by atoms with Crippen LogP contribution in [0.25, 0.3) is 33.4 Å². The molecule has 0 aliphatic heterocycles. The molecule has 0 spiro atoms. The number of aromatic nitrogens is 4. The molecule has 0 atom stereocenters. The molecule has 0 unspecified atom stereocenters. The number of methoxy groups -OCH3 is 1. The number of fused-ring (bicyclic) bond motifs is 3. The van der Waals surface area contributed by atoms with E-state index in [0.717, 1.165) is 28.3 Å². The molecule has 5 rings (SSSR count). The first kappa shape index (κ1) is 19.0. The van der Waals surface area contributed by atoms with Gasteiger partial charge in [-0.25, -0.2) is 13.9 Å². The predicted octanol–water partition coefficient (Wildman–Crippen LogP) is 4.41. The minimum Gasteiger partial charge on any atom is -0.497 e. The summed E-state index contributed by atoms with van der Waals surface area (Å²) in [5, 5.41) is 5.18. The molecule has 0 radical (unpaired) electrons. The number of nitrogens with zero attached hydrogens (tertiary/aromatic N) is 4. The van der Waals surface area contributed by atoms with Crippen molar-refractivity contribution in [3.8, 4) is 22.6 Å². The smallest absolute Gasteiger partial charge is 0.266 e. The number of pyridine rings is 1. The van der Waals surface area contributed by atoms with Crippen molar-refractivity contribution in [2.75, 3.05) is 7.11 Å². The molecule has 0 saturated carbocycles. The molecule has 0 N–H and O–H groups in total. The number of ether oxygens (including phenoxy) is 1. The molecule has 0 amide bonds. The van der Waals surface area contributed by atoms with E-state index in [1.807, 2.05) is 37.3 Å². The maximum absolute atomic E-state index is 13.4. The van der Waals surface area contributed by atoms with E-state index in [0.29, 0.717) is 23.0 Å². The third-order valence-electron chi connectivity index (χ3n) is 5.40. The van der Waals surface area contributed by atoms with Gasteiger partial charge in [0, 0.05) is 23.6 Å². The summed E-state index contributed by atoms with van der Waals surface area (Å²) in [6, 6.07) is 15.4. The van der Waals surface area contributed by atoms with E-state index in [9.17, 15) is 9.18 Å². The zero-order valence-electron chi connectivity index (χ0n) is 17.0. The fourth-order valence-electron chi connectivity index (χ4n) is 3.82. The molecule has 6 nitrogen and oxygen atoms in total. The highest BCUT2D eigenvalue weighted by Crippen LogP contribution is 2.29. The van der Waals surface area contributed by atoms with Crippen molar-refractivity contribution in [1.82, 2.24) is 19.2 Å². The first-order chi connectivity index (χ1) is 15.1. The quantitative estimate of drug-likeness (QED) is 0.437. The van der Waals surface area contributed by atoms with Crippen LogP contribution in [-0.2, 0) is 6.42 Å². The lowest BCUT2D eigenvalue weighted by Crippen LogP contribution is -2.18. The Bertz CT molecular complexity index is 1470. The van der Waals surface area contributed by atoms with Gasteiger partial charge in [-0.2, -0.15) is 5.10 Å². The Labute approximate surface area is 177 Å². The summed E-state index contributed by atoms with van der Waals surface area (Å²) in [6.07, 6.45) is 4.00. The van der Waals surface area contributed by atoms with Gasteiger partial charge in [-0.05, 0) is 54.4 Å². The Morgan fingerprint density at radius 2 is 1.77 bits per heavy atom. The number of benzene rings is 2. The lowest BCUT2D eigenvalue weighted by atomic mass is 10.0. The maximum atomic E-state index is 13.4. The highest BCUT2D eigenvalue weighted by atomic mass is 19.1.